The zero-order chi connectivity index (χ0) is 16.1. The van der Waals surface area contributed by atoms with E-state index in [2.05, 4.69) is 5.32 Å². The zero-order valence-corrected chi connectivity index (χ0v) is 11.8. The van der Waals surface area contributed by atoms with E-state index in [1.54, 1.807) is 13.0 Å². The van der Waals surface area contributed by atoms with E-state index in [-0.39, 0.29) is 12.1 Å². The predicted octanol–water partition coefficient (Wildman–Crippen LogP) is 3.15. The van der Waals surface area contributed by atoms with E-state index < -0.39 is 36.3 Å². The molecule has 0 saturated carbocycles. The van der Waals surface area contributed by atoms with Gasteiger partial charge in [-0.05, 0) is 13.0 Å². The predicted molar refractivity (Wildman–Crippen MR) is 69.1 cm³/mol. The van der Waals surface area contributed by atoms with E-state index in [9.17, 15) is 22.4 Å². The summed E-state index contributed by atoms with van der Waals surface area (Å²) >= 11 is 0. The summed E-state index contributed by atoms with van der Waals surface area (Å²) in [6.07, 6.45) is -6.24. The lowest BCUT2D eigenvalue weighted by molar-refractivity contribution is -0.144. The van der Waals surface area contributed by atoms with Gasteiger partial charge < -0.3 is 10.1 Å². The van der Waals surface area contributed by atoms with Crippen LogP contribution in [0.2, 0.25) is 0 Å². The molecule has 1 aromatic carbocycles. The topological polar surface area (TPSA) is 38.3 Å². The summed E-state index contributed by atoms with van der Waals surface area (Å²) in [6, 6.07) is 5.87. The van der Waals surface area contributed by atoms with Crippen LogP contribution < -0.4 is 5.32 Å². The van der Waals surface area contributed by atoms with Gasteiger partial charge in [-0.15, -0.1) is 0 Å². The van der Waals surface area contributed by atoms with Crippen LogP contribution in [0.5, 0.6) is 0 Å². The van der Waals surface area contributed by atoms with Crippen molar-refractivity contribution in [2.24, 2.45) is 0 Å². The van der Waals surface area contributed by atoms with Crippen LogP contribution in [0, 0.1) is 5.82 Å². The molecule has 3 nitrogen and oxygen atoms in total. The van der Waals surface area contributed by atoms with Crippen molar-refractivity contribution in [3.05, 3.63) is 35.6 Å². The molecule has 1 amide bonds. The number of ether oxygens (including phenoxy) is 1. The molecule has 21 heavy (non-hydrogen) atoms. The molecule has 1 atom stereocenters. The van der Waals surface area contributed by atoms with Gasteiger partial charge in [-0.25, -0.2) is 4.39 Å². The van der Waals surface area contributed by atoms with E-state index >= 15 is 0 Å². The fourth-order valence-electron chi connectivity index (χ4n) is 1.78. The first-order chi connectivity index (χ1) is 9.68. The molecule has 0 aromatic heterocycles. The summed E-state index contributed by atoms with van der Waals surface area (Å²) in [4.78, 5) is 11.4. The van der Waals surface area contributed by atoms with Gasteiger partial charge in [0.25, 0.3) is 0 Å². The van der Waals surface area contributed by atoms with Crippen LogP contribution in [0.15, 0.2) is 24.3 Å². The Morgan fingerprint density at radius 2 is 1.90 bits per heavy atom. The molecular formula is C14H17F4NO2. The average Bonchev–Trinajstić information content (AvgIpc) is 2.42. The second kappa shape index (κ2) is 6.89. The second-order valence-corrected chi connectivity index (χ2v) is 4.81. The molecule has 7 heteroatoms. The van der Waals surface area contributed by atoms with Crippen molar-refractivity contribution in [1.82, 2.24) is 5.32 Å². The molecule has 118 valence electrons. The molecule has 1 rings (SSSR count). The molecule has 0 heterocycles. The third-order valence-corrected chi connectivity index (χ3v) is 3.15. The van der Waals surface area contributed by atoms with Crippen LogP contribution in [0.3, 0.4) is 0 Å². The molecule has 0 aliphatic heterocycles. The van der Waals surface area contributed by atoms with Gasteiger partial charge in [0.2, 0.25) is 5.91 Å². The highest BCUT2D eigenvalue weighted by Gasteiger charge is 2.31. The van der Waals surface area contributed by atoms with Crippen molar-refractivity contribution in [3.63, 3.8) is 0 Å². The van der Waals surface area contributed by atoms with Gasteiger partial charge in [0.1, 0.15) is 11.4 Å². The number of amides is 1. The normalized spacial score (nSPS) is 14.6. The van der Waals surface area contributed by atoms with Gasteiger partial charge in [0, 0.05) is 19.1 Å². The number of carbonyl (C=O) groups is 1. The standard InChI is InChI=1S/C14H17F4NO2/c1-13(21-2,10-5-3-4-6-11(10)15)9-19-12(20)7-8-14(16,17)18/h3-6H,7-9H2,1-2H3,(H,19,20). The van der Waals surface area contributed by atoms with Crippen LogP contribution in [0.1, 0.15) is 25.3 Å². The summed E-state index contributed by atoms with van der Waals surface area (Å²) < 4.78 is 55.0. The monoisotopic (exact) mass is 307 g/mol. The van der Waals surface area contributed by atoms with Crippen molar-refractivity contribution in [3.8, 4) is 0 Å². The number of carbonyl (C=O) groups excluding carboxylic acids is 1. The quantitative estimate of drug-likeness (QED) is 0.820. The molecule has 0 radical (unpaired) electrons. The van der Waals surface area contributed by atoms with E-state index in [4.69, 9.17) is 4.74 Å². The maximum atomic E-state index is 13.8. The van der Waals surface area contributed by atoms with Gasteiger partial charge in [-0.3, -0.25) is 4.79 Å². The smallest absolute Gasteiger partial charge is 0.372 e. The van der Waals surface area contributed by atoms with Crippen LogP contribution in [0.25, 0.3) is 0 Å². The number of alkyl halides is 3. The number of benzene rings is 1. The SMILES string of the molecule is COC(C)(CNC(=O)CCC(F)(F)F)c1ccccc1F. The zero-order valence-electron chi connectivity index (χ0n) is 11.8. The molecule has 0 fully saturated rings. The number of halogens is 4. The van der Waals surface area contributed by atoms with Crippen molar-refractivity contribution < 1.29 is 27.1 Å². The Labute approximate surface area is 120 Å². The summed E-state index contributed by atoms with van der Waals surface area (Å²) in [5.41, 5.74) is -0.928. The van der Waals surface area contributed by atoms with E-state index in [1.807, 2.05) is 0 Å². The Balaban J connectivity index is 2.66. The summed E-state index contributed by atoms with van der Waals surface area (Å²) in [5, 5.41) is 2.34. The van der Waals surface area contributed by atoms with Gasteiger partial charge in [0.05, 0.1) is 13.0 Å². The molecule has 0 aliphatic rings. The highest BCUT2D eigenvalue weighted by Crippen LogP contribution is 2.26. The summed E-state index contributed by atoms with van der Waals surface area (Å²) in [7, 11) is 1.34. The fraction of sp³-hybridized carbons (Fsp3) is 0.500. The Kier molecular flexibility index (Phi) is 5.71. The third kappa shape index (κ3) is 5.34. The third-order valence-electron chi connectivity index (χ3n) is 3.15. The maximum Gasteiger partial charge on any atom is 0.389 e. The number of rotatable bonds is 6. The molecule has 0 saturated heterocycles. The molecule has 0 bridgehead atoms. The number of hydrogen-bond donors (Lipinski definition) is 1. The van der Waals surface area contributed by atoms with E-state index in [1.165, 1.54) is 25.3 Å². The minimum Gasteiger partial charge on any atom is -0.372 e. The molecule has 1 N–H and O–H groups in total. The Bertz CT molecular complexity index is 490. The first kappa shape index (κ1) is 17.4. The number of nitrogens with one attached hydrogen (secondary N) is 1. The second-order valence-electron chi connectivity index (χ2n) is 4.81. The highest BCUT2D eigenvalue weighted by atomic mass is 19.4. The lowest BCUT2D eigenvalue weighted by Crippen LogP contribution is -2.40. The Morgan fingerprint density at radius 1 is 1.29 bits per heavy atom. The van der Waals surface area contributed by atoms with Crippen molar-refractivity contribution >= 4 is 5.91 Å². The summed E-state index contributed by atoms with van der Waals surface area (Å²) in [6.45, 7) is 1.43. The lowest BCUT2D eigenvalue weighted by Gasteiger charge is -2.29. The van der Waals surface area contributed by atoms with Crippen LogP contribution in [-0.2, 0) is 15.1 Å². The van der Waals surface area contributed by atoms with E-state index in [0.29, 0.717) is 0 Å². The fourth-order valence-corrected chi connectivity index (χ4v) is 1.78. The van der Waals surface area contributed by atoms with E-state index in [0.717, 1.165) is 0 Å². The highest BCUT2D eigenvalue weighted by molar-refractivity contribution is 5.76. The number of methoxy groups -OCH3 is 1. The molecule has 0 spiro atoms. The molecule has 1 aromatic rings. The van der Waals surface area contributed by atoms with Crippen LogP contribution in [0.4, 0.5) is 17.6 Å². The van der Waals surface area contributed by atoms with Crippen molar-refractivity contribution in [2.75, 3.05) is 13.7 Å². The van der Waals surface area contributed by atoms with Gasteiger partial charge in [0.15, 0.2) is 0 Å². The largest absolute Gasteiger partial charge is 0.389 e. The summed E-state index contributed by atoms with van der Waals surface area (Å²) in [5.74, 6) is -1.27. The first-order valence-corrected chi connectivity index (χ1v) is 6.31. The molecule has 1 unspecified atom stereocenters. The Hall–Kier alpha value is -1.63. The molecular weight excluding hydrogens is 290 g/mol. The number of hydrogen-bond acceptors (Lipinski definition) is 2. The Morgan fingerprint density at radius 3 is 2.43 bits per heavy atom. The minimum absolute atomic E-state index is 0.124. The van der Waals surface area contributed by atoms with Gasteiger partial charge >= 0.3 is 6.18 Å². The van der Waals surface area contributed by atoms with Crippen LogP contribution >= 0.6 is 0 Å². The lowest BCUT2D eigenvalue weighted by atomic mass is 9.95. The maximum absolute atomic E-state index is 13.8. The van der Waals surface area contributed by atoms with Crippen LogP contribution in [-0.4, -0.2) is 25.7 Å². The minimum atomic E-state index is -4.38. The van der Waals surface area contributed by atoms with Crippen molar-refractivity contribution in [1.29, 1.82) is 0 Å². The first-order valence-electron chi connectivity index (χ1n) is 6.31. The average molecular weight is 307 g/mol. The van der Waals surface area contributed by atoms with Gasteiger partial charge in [-0.2, -0.15) is 13.2 Å². The van der Waals surface area contributed by atoms with Gasteiger partial charge in [-0.1, -0.05) is 18.2 Å². The van der Waals surface area contributed by atoms with Crippen molar-refractivity contribution in [2.45, 2.75) is 31.5 Å². The molecule has 0 aliphatic carbocycles.